The predicted molar refractivity (Wildman–Crippen MR) is 124 cm³/mol. The SMILES string of the molecule is COc1c(OCCCN2CCCC2)cc2nc(NC3CC3)c3c(c2c1OC=O)CCCC3. The molecule has 5 rings (SSSR count). The molecule has 2 aliphatic carbocycles. The lowest BCUT2D eigenvalue weighted by Crippen LogP contribution is -2.22. The third kappa shape index (κ3) is 4.35. The molecule has 0 radical (unpaired) electrons. The van der Waals surface area contributed by atoms with Crippen molar-refractivity contribution in [3.8, 4) is 17.2 Å². The van der Waals surface area contributed by atoms with Crippen molar-refractivity contribution in [1.82, 2.24) is 9.88 Å². The average molecular weight is 440 g/mol. The number of methoxy groups -OCH3 is 1. The number of benzene rings is 1. The van der Waals surface area contributed by atoms with Gasteiger partial charge < -0.3 is 24.4 Å². The lowest BCUT2D eigenvalue weighted by molar-refractivity contribution is -0.120. The molecule has 3 aliphatic rings. The second-order valence-corrected chi connectivity index (χ2v) is 9.14. The molecule has 1 N–H and O–H groups in total. The van der Waals surface area contributed by atoms with Crippen LogP contribution < -0.4 is 19.5 Å². The van der Waals surface area contributed by atoms with Crippen molar-refractivity contribution < 1.29 is 19.0 Å². The van der Waals surface area contributed by atoms with Crippen LogP contribution in [0, 0.1) is 0 Å². The highest BCUT2D eigenvalue weighted by Crippen LogP contribution is 2.47. The minimum absolute atomic E-state index is 0.429. The Balaban J connectivity index is 1.50. The van der Waals surface area contributed by atoms with Gasteiger partial charge in [0.2, 0.25) is 5.75 Å². The highest BCUT2D eigenvalue weighted by Gasteiger charge is 2.28. The van der Waals surface area contributed by atoms with Crippen LogP contribution in [0.15, 0.2) is 6.07 Å². The summed E-state index contributed by atoms with van der Waals surface area (Å²) in [6.07, 6.45) is 10.1. The number of carbonyl (C=O) groups excluding carboxylic acids is 1. The molecule has 7 nitrogen and oxygen atoms in total. The molecule has 32 heavy (non-hydrogen) atoms. The van der Waals surface area contributed by atoms with E-state index < -0.39 is 0 Å². The Morgan fingerprint density at radius 2 is 1.91 bits per heavy atom. The molecule has 0 amide bonds. The number of pyridine rings is 1. The summed E-state index contributed by atoms with van der Waals surface area (Å²) in [4.78, 5) is 18.9. The Morgan fingerprint density at radius 3 is 2.62 bits per heavy atom. The number of nitrogens with one attached hydrogen (secondary N) is 1. The minimum atomic E-state index is 0.429. The largest absolute Gasteiger partial charge is 0.490 e. The van der Waals surface area contributed by atoms with E-state index in [0.29, 0.717) is 36.4 Å². The molecular weight excluding hydrogens is 406 g/mol. The maximum atomic E-state index is 11.4. The molecule has 1 aliphatic heterocycles. The average Bonchev–Trinajstić information content (AvgIpc) is 3.47. The van der Waals surface area contributed by atoms with Gasteiger partial charge in [-0.25, -0.2) is 4.98 Å². The third-order valence-electron chi connectivity index (χ3n) is 6.83. The first-order chi connectivity index (χ1) is 15.8. The second kappa shape index (κ2) is 9.53. The Labute approximate surface area is 189 Å². The normalized spacial score (nSPS) is 18.4. The molecule has 0 unspecified atom stereocenters. The van der Waals surface area contributed by atoms with E-state index in [2.05, 4.69) is 10.2 Å². The summed E-state index contributed by atoms with van der Waals surface area (Å²) < 4.78 is 17.4. The summed E-state index contributed by atoms with van der Waals surface area (Å²) in [7, 11) is 1.60. The van der Waals surface area contributed by atoms with Crippen LogP contribution in [-0.2, 0) is 17.6 Å². The number of aromatic nitrogens is 1. The Hall–Kier alpha value is -2.54. The van der Waals surface area contributed by atoms with Gasteiger partial charge in [0.05, 0.1) is 24.6 Å². The highest BCUT2D eigenvalue weighted by molar-refractivity contribution is 5.96. The van der Waals surface area contributed by atoms with Gasteiger partial charge in [-0.2, -0.15) is 0 Å². The Morgan fingerprint density at radius 1 is 1.12 bits per heavy atom. The topological polar surface area (TPSA) is 72.9 Å². The standard InChI is InChI=1S/C25H33N3O4/c1-30-23-21(31-14-6-13-28-11-4-5-12-28)15-20-22(24(23)32-16-29)18-7-2-3-8-19(18)25(27-20)26-17-9-10-17/h15-17H,2-14H2,1H3,(H,26,27). The van der Waals surface area contributed by atoms with Gasteiger partial charge in [-0.05, 0) is 82.0 Å². The van der Waals surface area contributed by atoms with E-state index in [1.54, 1.807) is 7.11 Å². The van der Waals surface area contributed by atoms with Gasteiger partial charge in [0.15, 0.2) is 11.5 Å². The Bertz CT molecular complexity index is 983. The molecule has 7 heteroatoms. The fraction of sp³-hybridized carbons (Fsp3) is 0.600. The van der Waals surface area contributed by atoms with E-state index in [0.717, 1.165) is 55.4 Å². The number of rotatable bonds is 10. The molecule has 1 aromatic carbocycles. The number of nitrogens with zero attached hydrogens (tertiary/aromatic N) is 2. The van der Waals surface area contributed by atoms with Crippen LogP contribution in [0.3, 0.4) is 0 Å². The zero-order valence-electron chi connectivity index (χ0n) is 19.0. The maximum Gasteiger partial charge on any atom is 0.298 e. The summed E-state index contributed by atoms with van der Waals surface area (Å²) in [5.74, 6) is 2.47. The number of hydrogen-bond acceptors (Lipinski definition) is 7. The monoisotopic (exact) mass is 439 g/mol. The van der Waals surface area contributed by atoms with Crippen LogP contribution in [0.1, 0.15) is 56.1 Å². The first kappa shape index (κ1) is 21.3. The molecule has 0 bridgehead atoms. The fourth-order valence-corrected chi connectivity index (χ4v) is 5.09. The number of fused-ring (bicyclic) bond motifs is 3. The van der Waals surface area contributed by atoms with Gasteiger partial charge in [0.1, 0.15) is 5.82 Å². The number of anilines is 1. The van der Waals surface area contributed by atoms with Gasteiger partial charge in [0.25, 0.3) is 6.47 Å². The number of likely N-dealkylation sites (tertiary alicyclic amines) is 1. The number of hydrogen-bond donors (Lipinski definition) is 1. The second-order valence-electron chi connectivity index (χ2n) is 9.14. The third-order valence-corrected chi connectivity index (χ3v) is 6.83. The van der Waals surface area contributed by atoms with E-state index >= 15 is 0 Å². The van der Waals surface area contributed by atoms with Crippen LogP contribution in [0.2, 0.25) is 0 Å². The molecule has 1 saturated carbocycles. The molecule has 0 spiro atoms. The molecule has 2 heterocycles. The summed E-state index contributed by atoms with van der Waals surface area (Å²) in [5.41, 5.74) is 3.27. The van der Waals surface area contributed by atoms with Crippen molar-refractivity contribution >= 4 is 23.2 Å². The summed E-state index contributed by atoms with van der Waals surface area (Å²) in [6, 6.07) is 2.48. The molecule has 1 aromatic heterocycles. The number of aryl methyl sites for hydroxylation is 1. The molecule has 0 atom stereocenters. The van der Waals surface area contributed by atoms with Crippen LogP contribution in [0.4, 0.5) is 5.82 Å². The quantitative estimate of drug-likeness (QED) is 0.441. The van der Waals surface area contributed by atoms with E-state index in [9.17, 15) is 4.79 Å². The number of ether oxygens (including phenoxy) is 3. The van der Waals surface area contributed by atoms with Crippen LogP contribution in [0.25, 0.3) is 10.9 Å². The van der Waals surface area contributed by atoms with Crippen molar-refractivity contribution in [2.45, 2.75) is 63.8 Å². The van der Waals surface area contributed by atoms with Crippen LogP contribution >= 0.6 is 0 Å². The van der Waals surface area contributed by atoms with Gasteiger partial charge in [-0.1, -0.05) is 0 Å². The van der Waals surface area contributed by atoms with E-state index in [4.69, 9.17) is 19.2 Å². The minimum Gasteiger partial charge on any atom is -0.490 e. The van der Waals surface area contributed by atoms with E-state index in [1.807, 2.05) is 6.07 Å². The first-order valence-electron chi connectivity index (χ1n) is 12.1. The van der Waals surface area contributed by atoms with Crippen molar-refractivity contribution in [3.63, 3.8) is 0 Å². The van der Waals surface area contributed by atoms with Crippen molar-refractivity contribution in [1.29, 1.82) is 0 Å². The highest BCUT2D eigenvalue weighted by atomic mass is 16.6. The van der Waals surface area contributed by atoms with Gasteiger partial charge in [0, 0.05) is 18.7 Å². The maximum absolute atomic E-state index is 11.4. The first-order valence-corrected chi connectivity index (χ1v) is 12.1. The zero-order chi connectivity index (χ0) is 21.9. The lowest BCUT2D eigenvalue weighted by atomic mass is 9.88. The fourth-order valence-electron chi connectivity index (χ4n) is 5.09. The van der Waals surface area contributed by atoms with Crippen molar-refractivity contribution in [3.05, 3.63) is 17.2 Å². The number of carbonyl (C=O) groups is 1. The van der Waals surface area contributed by atoms with Crippen LogP contribution in [-0.4, -0.2) is 55.7 Å². The summed E-state index contributed by atoms with van der Waals surface area (Å²) >= 11 is 0. The smallest absolute Gasteiger partial charge is 0.298 e. The molecule has 1 saturated heterocycles. The molecule has 172 valence electrons. The van der Waals surface area contributed by atoms with Crippen molar-refractivity contribution in [2.75, 3.05) is 38.7 Å². The molecular formula is C25H33N3O4. The summed E-state index contributed by atoms with van der Waals surface area (Å²) in [5, 5.41) is 4.50. The van der Waals surface area contributed by atoms with E-state index in [1.165, 1.54) is 49.9 Å². The predicted octanol–water partition coefficient (Wildman–Crippen LogP) is 4.10. The van der Waals surface area contributed by atoms with Gasteiger partial charge in [-0.3, -0.25) is 4.79 Å². The van der Waals surface area contributed by atoms with Gasteiger partial charge in [-0.15, -0.1) is 0 Å². The van der Waals surface area contributed by atoms with Crippen LogP contribution in [0.5, 0.6) is 17.2 Å². The van der Waals surface area contributed by atoms with E-state index in [-0.39, 0.29) is 0 Å². The van der Waals surface area contributed by atoms with Gasteiger partial charge >= 0.3 is 0 Å². The lowest BCUT2D eigenvalue weighted by Gasteiger charge is -2.24. The molecule has 2 aromatic rings. The molecule has 2 fully saturated rings. The summed E-state index contributed by atoms with van der Waals surface area (Å²) in [6.45, 7) is 4.46. The Kier molecular flexibility index (Phi) is 6.35. The zero-order valence-corrected chi connectivity index (χ0v) is 19.0. The van der Waals surface area contributed by atoms with Crippen molar-refractivity contribution in [2.24, 2.45) is 0 Å².